The third-order valence-corrected chi connectivity index (χ3v) is 3.47. The monoisotopic (exact) mass is 264 g/mol. The molecule has 0 aromatic heterocycles. The van der Waals surface area contributed by atoms with Gasteiger partial charge in [0.25, 0.3) is 0 Å². The summed E-state index contributed by atoms with van der Waals surface area (Å²) >= 11 is 0. The number of benzene rings is 1. The van der Waals surface area contributed by atoms with Gasteiger partial charge in [0.15, 0.2) is 0 Å². The van der Waals surface area contributed by atoms with Gasteiger partial charge < -0.3 is 15.8 Å². The third-order valence-electron chi connectivity index (χ3n) is 3.47. The molecule has 0 unspecified atom stereocenters. The normalized spacial score (nSPS) is 12.5. The molecule has 3 heteroatoms. The number of rotatable bonds is 7. The van der Waals surface area contributed by atoms with Crippen molar-refractivity contribution in [2.75, 3.05) is 19.7 Å². The molecule has 3 N–H and O–H groups in total. The molecule has 0 saturated carbocycles. The molecule has 1 aromatic rings. The zero-order valence-corrected chi connectivity index (χ0v) is 12.9. The van der Waals surface area contributed by atoms with E-state index in [1.165, 1.54) is 5.56 Å². The second-order valence-corrected chi connectivity index (χ2v) is 6.28. The number of ether oxygens (including phenoxy) is 1. The van der Waals surface area contributed by atoms with Gasteiger partial charge in [-0.05, 0) is 38.5 Å². The predicted molar refractivity (Wildman–Crippen MR) is 81.8 cm³/mol. The summed E-state index contributed by atoms with van der Waals surface area (Å²) in [5.41, 5.74) is 7.09. The maximum atomic E-state index is 5.75. The number of hydrogen-bond acceptors (Lipinski definition) is 3. The molecule has 0 spiro atoms. The average molecular weight is 264 g/mol. The van der Waals surface area contributed by atoms with E-state index < -0.39 is 0 Å². The van der Waals surface area contributed by atoms with E-state index in [0.29, 0.717) is 13.2 Å². The van der Waals surface area contributed by atoms with Gasteiger partial charge in [0.2, 0.25) is 0 Å². The van der Waals surface area contributed by atoms with Gasteiger partial charge in [-0.25, -0.2) is 0 Å². The molecule has 0 heterocycles. The molecule has 3 nitrogen and oxygen atoms in total. The molecule has 0 bridgehead atoms. The van der Waals surface area contributed by atoms with Crippen LogP contribution in [0.1, 0.15) is 40.2 Å². The van der Waals surface area contributed by atoms with Crippen molar-refractivity contribution in [2.45, 2.75) is 45.6 Å². The van der Waals surface area contributed by atoms with E-state index >= 15 is 0 Å². The van der Waals surface area contributed by atoms with Gasteiger partial charge >= 0.3 is 0 Å². The molecule has 108 valence electrons. The summed E-state index contributed by atoms with van der Waals surface area (Å²) in [5.74, 6) is 0.928. The van der Waals surface area contributed by atoms with Crippen LogP contribution in [0.4, 0.5) is 0 Å². The Kier molecular flexibility index (Phi) is 5.39. The molecule has 0 aliphatic rings. The Morgan fingerprint density at radius 3 is 2.16 bits per heavy atom. The van der Waals surface area contributed by atoms with Crippen molar-refractivity contribution in [3.05, 3.63) is 29.8 Å². The Hall–Kier alpha value is -1.06. The Labute approximate surface area is 117 Å². The molecule has 1 rings (SSSR count). The Morgan fingerprint density at radius 2 is 1.68 bits per heavy atom. The highest BCUT2D eigenvalue weighted by molar-refractivity contribution is 5.32. The third kappa shape index (κ3) is 4.84. The Bertz CT molecular complexity index is 382. The van der Waals surface area contributed by atoms with Crippen LogP contribution in [-0.4, -0.2) is 25.2 Å². The van der Waals surface area contributed by atoms with Crippen LogP contribution >= 0.6 is 0 Å². The second kappa shape index (κ2) is 6.40. The van der Waals surface area contributed by atoms with Crippen molar-refractivity contribution in [1.82, 2.24) is 5.32 Å². The number of hydrogen-bond donors (Lipinski definition) is 2. The highest BCUT2D eigenvalue weighted by Gasteiger charge is 2.24. The van der Waals surface area contributed by atoms with Gasteiger partial charge in [-0.1, -0.05) is 26.0 Å². The number of nitrogens with one attached hydrogen (secondary N) is 1. The van der Waals surface area contributed by atoms with Crippen LogP contribution in [0.3, 0.4) is 0 Å². The molecule has 0 fully saturated rings. The number of nitrogens with two attached hydrogens (primary N) is 1. The van der Waals surface area contributed by atoms with Crippen LogP contribution in [0, 0.1) is 0 Å². The fraction of sp³-hybridized carbons (Fsp3) is 0.625. The summed E-state index contributed by atoms with van der Waals surface area (Å²) in [7, 11) is 0. The predicted octanol–water partition coefficient (Wildman–Crippen LogP) is 2.69. The van der Waals surface area contributed by atoms with Gasteiger partial charge in [-0.15, -0.1) is 0 Å². The lowest BCUT2D eigenvalue weighted by Crippen LogP contribution is -2.50. The first kappa shape index (κ1) is 16.0. The first-order valence-corrected chi connectivity index (χ1v) is 6.99. The topological polar surface area (TPSA) is 47.3 Å². The Balaban J connectivity index is 2.71. The molecule has 0 aliphatic carbocycles. The van der Waals surface area contributed by atoms with Gasteiger partial charge in [-0.2, -0.15) is 0 Å². The summed E-state index contributed by atoms with van der Waals surface area (Å²) in [6.07, 6.45) is 0. The smallest absolute Gasteiger partial charge is 0.119 e. The molecule has 0 saturated heterocycles. The molecule has 19 heavy (non-hydrogen) atoms. The van der Waals surface area contributed by atoms with E-state index in [1.54, 1.807) is 0 Å². The highest BCUT2D eigenvalue weighted by atomic mass is 16.5. The minimum atomic E-state index is -0.0253. The van der Waals surface area contributed by atoms with Crippen molar-refractivity contribution >= 4 is 0 Å². The minimum absolute atomic E-state index is 0.0253. The van der Waals surface area contributed by atoms with Crippen molar-refractivity contribution in [2.24, 2.45) is 5.73 Å². The van der Waals surface area contributed by atoms with E-state index in [2.05, 4.69) is 45.1 Å². The van der Waals surface area contributed by atoms with Gasteiger partial charge in [0, 0.05) is 24.0 Å². The first-order valence-electron chi connectivity index (χ1n) is 6.99. The van der Waals surface area contributed by atoms with Gasteiger partial charge in [0.05, 0.1) is 6.61 Å². The quantitative estimate of drug-likeness (QED) is 0.796. The van der Waals surface area contributed by atoms with E-state index in [1.807, 2.05) is 19.1 Å². The van der Waals surface area contributed by atoms with E-state index in [4.69, 9.17) is 10.5 Å². The molecular weight excluding hydrogens is 236 g/mol. The zero-order chi connectivity index (χ0) is 14.5. The van der Waals surface area contributed by atoms with Crippen molar-refractivity contribution in [3.8, 4) is 5.75 Å². The molecule has 0 radical (unpaired) electrons. The van der Waals surface area contributed by atoms with Gasteiger partial charge in [-0.3, -0.25) is 0 Å². The fourth-order valence-electron chi connectivity index (χ4n) is 1.80. The molecule has 1 aromatic carbocycles. The fourth-order valence-corrected chi connectivity index (χ4v) is 1.80. The molecule has 0 atom stereocenters. The van der Waals surface area contributed by atoms with Gasteiger partial charge in [0.1, 0.15) is 5.75 Å². The van der Waals surface area contributed by atoms with Crippen LogP contribution in [0.5, 0.6) is 5.75 Å². The summed E-state index contributed by atoms with van der Waals surface area (Å²) in [4.78, 5) is 0. The molecule has 0 amide bonds. The summed E-state index contributed by atoms with van der Waals surface area (Å²) in [6, 6.07) is 8.35. The lowest BCUT2D eigenvalue weighted by molar-refractivity contribution is 0.337. The van der Waals surface area contributed by atoms with Crippen molar-refractivity contribution < 1.29 is 4.74 Å². The van der Waals surface area contributed by atoms with Crippen LogP contribution in [0.15, 0.2) is 24.3 Å². The SMILES string of the molecule is CCOc1ccc(C(C)(C)CNC(C)(C)CN)cc1. The van der Waals surface area contributed by atoms with E-state index in [-0.39, 0.29) is 11.0 Å². The van der Waals surface area contributed by atoms with Crippen molar-refractivity contribution in [1.29, 1.82) is 0 Å². The van der Waals surface area contributed by atoms with E-state index in [9.17, 15) is 0 Å². The maximum Gasteiger partial charge on any atom is 0.119 e. The maximum absolute atomic E-state index is 5.75. The summed E-state index contributed by atoms with van der Waals surface area (Å²) in [6.45, 7) is 13.0. The average Bonchev–Trinajstić information content (AvgIpc) is 2.38. The van der Waals surface area contributed by atoms with Crippen LogP contribution in [0.25, 0.3) is 0 Å². The lowest BCUT2D eigenvalue weighted by Gasteiger charge is -2.32. The lowest BCUT2D eigenvalue weighted by atomic mass is 9.84. The summed E-state index contributed by atoms with van der Waals surface area (Å²) < 4.78 is 5.47. The van der Waals surface area contributed by atoms with Crippen molar-refractivity contribution in [3.63, 3.8) is 0 Å². The van der Waals surface area contributed by atoms with Crippen LogP contribution in [0.2, 0.25) is 0 Å². The van der Waals surface area contributed by atoms with Crippen LogP contribution in [-0.2, 0) is 5.41 Å². The second-order valence-electron chi connectivity index (χ2n) is 6.28. The van der Waals surface area contributed by atoms with Crippen LogP contribution < -0.4 is 15.8 Å². The zero-order valence-electron chi connectivity index (χ0n) is 12.9. The van der Waals surface area contributed by atoms with E-state index in [0.717, 1.165) is 12.3 Å². The largest absolute Gasteiger partial charge is 0.494 e. The standard InChI is InChI=1S/C16H28N2O/c1-6-19-14-9-7-13(8-10-14)15(2,3)12-18-16(4,5)11-17/h7-10,18H,6,11-12,17H2,1-5H3. The molecule has 0 aliphatic heterocycles. The molecular formula is C16H28N2O. The minimum Gasteiger partial charge on any atom is -0.494 e. The summed E-state index contributed by atoms with van der Waals surface area (Å²) in [5, 5.41) is 3.53. The highest BCUT2D eigenvalue weighted by Crippen LogP contribution is 2.25. The first-order chi connectivity index (χ1) is 8.80. The Morgan fingerprint density at radius 1 is 1.11 bits per heavy atom.